The third kappa shape index (κ3) is 6.00. The lowest BCUT2D eigenvalue weighted by atomic mass is 9.98. The molecule has 0 saturated heterocycles. The van der Waals surface area contributed by atoms with Gasteiger partial charge in [0, 0.05) is 41.0 Å². The summed E-state index contributed by atoms with van der Waals surface area (Å²) >= 11 is 0. The highest BCUT2D eigenvalue weighted by molar-refractivity contribution is 6.27. The van der Waals surface area contributed by atoms with Crippen LogP contribution in [0.1, 0.15) is 86.2 Å². The number of nitro groups is 2. The fourth-order valence-electron chi connectivity index (χ4n) is 4.34. The predicted molar refractivity (Wildman–Crippen MR) is 130 cm³/mol. The van der Waals surface area contributed by atoms with Gasteiger partial charge in [0.1, 0.15) is 5.71 Å². The first-order valence-electron chi connectivity index (χ1n) is 11.9. The topological polar surface area (TPSA) is 145 Å². The van der Waals surface area contributed by atoms with Gasteiger partial charge in [-0.15, -0.1) is 0 Å². The van der Waals surface area contributed by atoms with Crippen LogP contribution in [-0.2, 0) is 4.74 Å². The van der Waals surface area contributed by atoms with Crippen LogP contribution in [-0.4, -0.2) is 33.3 Å². The van der Waals surface area contributed by atoms with Gasteiger partial charge in [0.15, 0.2) is 0 Å². The SMILES string of the molecule is CCCCCCCCCCCOC(=O)c1cc([N+](=O)[O-])cc2c1-c1ccc([N+](=O)[O-])cc1/C2=N/O. The van der Waals surface area contributed by atoms with E-state index in [1.807, 2.05) is 0 Å². The molecule has 2 aromatic rings. The molecule has 0 bridgehead atoms. The number of non-ortho nitro benzene ring substituents is 2. The molecule has 0 spiro atoms. The molecule has 1 aliphatic rings. The number of hydrogen-bond acceptors (Lipinski definition) is 8. The minimum atomic E-state index is -0.729. The Morgan fingerprint density at radius 3 is 2.06 bits per heavy atom. The molecule has 0 heterocycles. The second kappa shape index (κ2) is 12.0. The molecular formula is C25H29N3O7. The molecular weight excluding hydrogens is 454 g/mol. The maximum Gasteiger partial charge on any atom is 0.339 e. The molecule has 10 heteroatoms. The molecule has 10 nitrogen and oxygen atoms in total. The number of benzene rings is 2. The summed E-state index contributed by atoms with van der Waals surface area (Å²) in [6.45, 7) is 2.37. The van der Waals surface area contributed by atoms with Gasteiger partial charge in [-0.3, -0.25) is 20.2 Å². The number of carbonyl (C=O) groups excluding carboxylic acids is 1. The van der Waals surface area contributed by atoms with Crippen molar-refractivity contribution in [2.75, 3.05) is 6.61 Å². The Morgan fingerprint density at radius 1 is 0.857 bits per heavy atom. The van der Waals surface area contributed by atoms with E-state index in [0.29, 0.717) is 17.5 Å². The first-order valence-corrected chi connectivity index (χ1v) is 11.9. The van der Waals surface area contributed by atoms with Gasteiger partial charge in [-0.1, -0.05) is 63.4 Å². The summed E-state index contributed by atoms with van der Waals surface area (Å²) in [5, 5.41) is 35.5. The molecule has 0 radical (unpaired) electrons. The number of nitro benzene ring substituents is 2. The number of fused-ring (bicyclic) bond motifs is 3. The van der Waals surface area contributed by atoms with Crippen molar-refractivity contribution in [3.8, 4) is 11.1 Å². The summed E-state index contributed by atoms with van der Waals surface area (Å²) in [4.78, 5) is 34.4. The van der Waals surface area contributed by atoms with Crippen LogP contribution in [0.5, 0.6) is 0 Å². The van der Waals surface area contributed by atoms with Gasteiger partial charge in [0.05, 0.1) is 22.0 Å². The summed E-state index contributed by atoms with van der Waals surface area (Å²) in [5.41, 5.74) is 0.337. The minimum Gasteiger partial charge on any atom is -0.462 e. The van der Waals surface area contributed by atoms with Crippen LogP contribution < -0.4 is 0 Å². The fraction of sp³-hybridized carbons (Fsp3) is 0.440. The van der Waals surface area contributed by atoms with Gasteiger partial charge in [-0.05, 0) is 18.1 Å². The largest absolute Gasteiger partial charge is 0.462 e. The molecule has 186 valence electrons. The third-order valence-electron chi connectivity index (χ3n) is 6.13. The van der Waals surface area contributed by atoms with Crippen molar-refractivity contribution in [3.63, 3.8) is 0 Å². The van der Waals surface area contributed by atoms with Crippen LogP contribution in [0, 0.1) is 20.2 Å². The van der Waals surface area contributed by atoms with Crippen molar-refractivity contribution in [3.05, 3.63) is 67.3 Å². The molecule has 2 aromatic carbocycles. The summed E-state index contributed by atoms with van der Waals surface area (Å²) < 4.78 is 5.42. The number of rotatable bonds is 13. The first kappa shape index (κ1) is 25.8. The number of esters is 1. The molecule has 0 aromatic heterocycles. The highest BCUT2D eigenvalue weighted by Crippen LogP contribution is 2.43. The fourth-order valence-corrected chi connectivity index (χ4v) is 4.34. The van der Waals surface area contributed by atoms with Crippen LogP contribution in [0.25, 0.3) is 11.1 Å². The zero-order chi connectivity index (χ0) is 25.4. The summed E-state index contributed by atoms with van der Waals surface area (Å²) in [6, 6.07) is 6.24. The molecule has 35 heavy (non-hydrogen) atoms. The van der Waals surface area contributed by atoms with E-state index >= 15 is 0 Å². The van der Waals surface area contributed by atoms with E-state index < -0.39 is 15.8 Å². The predicted octanol–water partition coefficient (Wildman–Crippen LogP) is 6.40. The molecule has 0 aliphatic heterocycles. The van der Waals surface area contributed by atoms with Crippen LogP contribution >= 0.6 is 0 Å². The Morgan fingerprint density at radius 2 is 1.46 bits per heavy atom. The quantitative estimate of drug-likeness (QED) is 0.0973. The monoisotopic (exact) mass is 483 g/mol. The second-order valence-electron chi connectivity index (χ2n) is 8.57. The van der Waals surface area contributed by atoms with E-state index in [4.69, 9.17) is 4.74 Å². The van der Waals surface area contributed by atoms with Crippen LogP contribution in [0.3, 0.4) is 0 Å². The molecule has 0 atom stereocenters. The Labute approximate surface area is 202 Å². The van der Waals surface area contributed by atoms with Crippen LogP contribution in [0.15, 0.2) is 35.5 Å². The van der Waals surface area contributed by atoms with Crippen molar-refractivity contribution >= 4 is 23.1 Å². The standard InChI is InChI=1S/C25H29N3O7/c1-2-3-4-5-6-7-8-9-10-13-35-25(29)22-16-18(28(33)34)15-21-23(22)19-12-11-17(27(31)32)14-20(19)24(21)26-30/h11-12,14-16,30H,2-10,13H2,1H3/b26-24-. The second-order valence-corrected chi connectivity index (χ2v) is 8.57. The van der Waals surface area contributed by atoms with Crippen LogP contribution in [0.2, 0.25) is 0 Å². The van der Waals surface area contributed by atoms with E-state index in [-0.39, 0.29) is 40.4 Å². The van der Waals surface area contributed by atoms with Gasteiger partial charge < -0.3 is 9.94 Å². The molecule has 3 rings (SSSR count). The highest BCUT2D eigenvalue weighted by atomic mass is 16.6. The third-order valence-corrected chi connectivity index (χ3v) is 6.13. The number of oxime groups is 1. The summed E-state index contributed by atoms with van der Waals surface area (Å²) in [5.74, 6) is -0.729. The first-order chi connectivity index (χ1) is 16.9. The van der Waals surface area contributed by atoms with Crippen molar-refractivity contribution in [1.82, 2.24) is 0 Å². The number of carbonyl (C=O) groups is 1. The zero-order valence-electron chi connectivity index (χ0n) is 19.7. The Hall–Kier alpha value is -3.82. The van der Waals surface area contributed by atoms with E-state index in [0.717, 1.165) is 25.3 Å². The van der Waals surface area contributed by atoms with Gasteiger partial charge in [0.25, 0.3) is 11.4 Å². The van der Waals surface area contributed by atoms with E-state index in [2.05, 4.69) is 12.1 Å². The molecule has 1 aliphatic carbocycles. The highest BCUT2D eigenvalue weighted by Gasteiger charge is 2.34. The minimum absolute atomic E-state index is 0.0427. The summed E-state index contributed by atoms with van der Waals surface area (Å²) in [6.07, 6.45) is 9.99. The smallest absolute Gasteiger partial charge is 0.339 e. The molecule has 0 saturated carbocycles. The Balaban J connectivity index is 1.74. The van der Waals surface area contributed by atoms with E-state index in [9.17, 15) is 30.2 Å². The Kier molecular flexibility index (Phi) is 8.88. The molecule has 0 amide bonds. The lowest BCUT2D eigenvalue weighted by Gasteiger charge is -2.10. The molecule has 0 unspecified atom stereocenters. The normalized spacial score (nSPS) is 12.9. The summed E-state index contributed by atoms with van der Waals surface area (Å²) in [7, 11) is 0. The van der Waals surface area contributed by atoms with Gasteiger partial charge in [0.2, 0.25) is 0 Å². The average Bonchev–Trinajstić information content (AvgIpc) is 3.17. The number of ether oxygens (including phenoxy) is 1. The van der Waals surface area contributed by atoms with Gasteiger partial charge in [-0.25, -0.2) is 4.79 Å². The van der Waals surface area contributed by atoms with Gasteiger partial charge >= 0.3 is 5.97 Å². The Bertz CT molecular complexity index is 1140. The maximum absolute atomic E-state index is 12.9. The lowest BCUT2D eigenvalue weighted by molar-refractivity contribution is -0.385. The van der Waals surface area contributed by atoms with Crippen molar-refractivity contribution in [2.45, 2.75) is 64.7 Å². The van der Waals surface area contributed by atoms with Crippen LogP contribution in [0.4, 0.5) is 11.4 Å². The average molecular weight is 484 g/mol. The number of hydrogen-bond donors (Lipinski definition) is 1. The number of unbranched alkanes of at least 4 members (excludes halogenated alkanes) is 8. The van der Waals surface area contributed by atoms with Gasteiger partial charge in [-0.2, -0.15) is 0 Å². The molecule has 0 fully saturated rings. The lowest BCUT2D eigenvalue weighted by Crippen LogP contribution is -2.10. The van der Waals surface area contributed by atoms with Crippen molar-refractivity contribution in [1.29, 1.82) is 0 Å². The number of nitrogens with zero attached hydrogens (tertiary/aromatic N) is 3. The van der Waals surface area contributed by atoms with Crippen molar-refractivity contribution < 1.29 is 24.6 Å². The van der Waals surface area contributed by atoms with E-state index in [1.54, 1.807) is 0 Å². The van der Waals surface area contributed by atoms with E-state index in [1.165, 1.54) is 56.4 Å². The zero-order valence-corrected chi connectivity index (χ0v) is 19.7. The molecule has 1 N–H and O–H groups in total. The maximum atomic E-state index is 12.9. The van der Waals surface area contributed by atoms with Crippen molar-refractivity contribution in [2.24, 2.45) is 5.16 Å².